The summed E-state index contributed by atoms with van der Waals surface area (Å²) in [5.41, 5.74) is 1.43. The minimum Gasteiger partial charge on any atom is -0.310 e. The van der Waals surface area contributed by atoms with Crippen molar-refractivity contribution in [1.29, 1.82) is 0 Å². The molecule has 3 heteroatoms. The third-order valence-electron chi connectivity index (χ3n) is 2.73. The second-order valence-corrected chi connectivity index (χ2v) is 3.61. The Morgan fingerprint density at radius 1 is 1.43 bits per heavy atom. The third kappa shape index (κ3) is 1.52. The maximum atomic E-state index is 13.5. The van der Waals surface area contributed by atoms with E-state index in [0.717, 1.165) is 24.6 Å². The quantitative estimate of drug-likeness (QED) is 0.768. The standard InChI is InChI=1S/C11H13F2N/c1-2-7-5-8(12)6-9(13)11(7)10-3-4-14-10/h5-6,10,14H,2-4H2,1H3/t10-/m1/s1. The van der Waals surface area contributed by atoms with E-state index in [2.05, 4.69) is 5.32 Å². The van der Waals surface area contributed by atoms with Gasteiger partial charge in [0.05, 0.1) is 0 Å². The van der Waals surface area contributed by atoms with Gasteiger partial charge in [0.1, 0.15) is 11.6 Å². The zero-order chi connectivity index (χ0) is 10.1. The number of hydrogen-bond acceptors (Lipinski definition) is 1. The molecule has 1 atom stereocenters. The highest BCUT2D eigenvalue weighted by molar-refractivity contribution is 5.33. The molecule has 0 amide bonds. The van der Waals surface area contributed by atoms with Crippen molar-refractivity contribution in [3.8, 4) is 0 Å². The van der Waals surface area contributed by atoms with Gasteiger partial charge in [-0.1, -0.05) is 6.92 Å². The van der Waals surface area contributed by atoms with Crippen LogP contribution in [0, 0.1) is 11.6 Å². The molecule has 0 radical (unpaired) electrons. The van der Waals surface area contributed by atoms with Crippen LogP contribution in [-0.2, 0) is 6.42 Å². The number of rotatable bonds is 2. The topological polar surface area (TPSA) is 12.0 Å². The zero-order valence-electron chi connectivity index (χ0n) is 8.11. The van der Waals surface area contributed by atoms with Crippen LogP contribution in [0.2, 0.25) is 0 Å². The molecule has 76 valence electrons. The Kier molecular flexibility index (Phi) is 2.50. The van der Waals surface area contributed by atoms with Crippen LogP contribution in [0.15, 0.2) is 12.1 Å². The molecular weight excluding hydrogens is 184 g/mol. The van der Waals surface area contributed by atoms with E-state index in [1.165, 1.54) is 6.07 Å². The molecule has 0 unspecified atom stereocenters. The number of nitrogens with one attached hydrogen (secondary N) is 1. The third-order valence-corrected chi connectivity index (χ3v) is 2.73. The first-order valence-electron chi connectivity index (χ1n) is 4.93. The van der Waals surface area contributed by atoms with Gasteiger partial charge in [0.15, 0.2) is 0 Å². The molecule has 1 aromatic carbocycles. The predicted octanol–water partition coefficient (Wildman–Crippen LogP) is 2.56. The van der Waals surface area contributed by atoms with Crippen LogP contribution in [0.5, 0.6) is 0 Å². The highest BCUT2D eigenvalue weighted by Gasteiger charge is 2.24. The van der Waals surface area contributed by atoms with Crippen LogP contribution in [0.4, 0.5) is 8.78 Å². The molecule has 1 aromatic rings. The molecule has 0 saturated carbocycles. The van der Waals surface area contributed by atoms with Gasteiger partial charge >= 0.3 is 0 Å². The monoisotopic (exact) mass is 197 g/mol. The maximum Gasteiger partial charge on any atom is 0.131 e. The van der Waals surface area contributed by atoms with Crippen molar-refractivity contribution >= 4 is 0 Å². The van der Waals surface area contributed by atoms with E-state index in [1.807, 2.05) is 6.92 Å². The molecule has 1 N–H and O–H groups in total. The highest BCUT2D eigenvalue weighted by atomic mass is 19.1. The van der Waals surface area contributed by atoms with E-state index in [9.17, 15) is 8.78 Å². The lowest BCUT2D eigenvalue weighted by Gasteiger charge is -2.30. The summed E-state index contributed by atoms with van der Waals surface area (Å²) in [5.74, 6) is -0.901. The van der Waals surface area contributed by atoms with Crippen molar-refractivity contribution in [2.75, 3.05) is 6.54 Å². The van der Waals surface area contributed by atoms with Crippen molar-refractivity contribution < 1.29 is 8.78 Å². The lowest BCUT2D eigenvalue weighted by atomic mass is 9.92. The zero-order valence-corrected chi connectivity index (χ0v) is 8.11. The Hall–Kier alpha value is -0.960. The number of halogens is 2. The van der Waals surface area contributed by atoms with Crippen LogP contribution < -0.4 is 5.32 Å². The van der Waals surface area contributed by atoms with Crippen LogP contribution in [0.25, 0.3) is 0 Å². The van der Waals surface area contributed by atoms with Crippen LogP contribution in [0.3, 0.4) is 0 Å². The minimum absolute atomic E-state index is 0.0885. The Bertz CT molecular complexity index is 345. The molecule has 1 aliphatic heterocycles. The van der Waals surface area contributed by atoms with Gasteiger partial charge in [-0.25, -0.2) is 8.78 Å². The molecule has 1 saturated heterocycles. The normalized spacial score (nSPS) is 20.6. The van der Waals surface area contributed by atoms with Gasteiger partial charge in [-0.3, -0.25) is 0 Å². The van der Waals surface area contributed by atoms with E-state index in [1.54, 1.807) is 0 Å². The molecule has 2 rings (SSSR count). The van der Waals surface area contributed by atoms with Crippen LogP contribution >= 0.6 is 0 Å². The van der Waals surface area contributed by atoms with E-state index < -0.39 is 11.6 Å². The van der Waals surface area contributed by atoms with Crippen molar-refractivity contribution in [3.05, 3.63) is 34.9 Å². The largest absolute Gasteiger partial charge is 0.310 e. The van der Waals surface area contributed by atoms with Crippen molar-refractivity contribution in [2.45, 2.75) is 25.8 Å². The summed E-state index contributed by atoms with van der Waals surface area (Å²) < 4.78 is 26.4. The molecule has 1 heterocycles. The minimum atomic E-state index is -0.484. The predicted molar refractivity (Wildman–Crippen MR) is 51.1 cm³/mol. The van der Waals surface area contributed by atoms with Gasteiger partial charge in [-0.2, -0.15) is 0 Å². The van der Waals surface area contributed by atoms with Gasteiger partial charge in [0, 0.05) is 17.7 Å². The molecule has 1 nitrogen and oxygen atoms in total. The van der Waals surface area contributed by atoms with Crippen molar-refractivity contribution in [1.82, 2.24) is 5.32 Å². The average molecular weight is 197 g/mol. The second kappa shape index (κ2) is 3.65. The lowest BCUT2D eigenvalue weighted by Crippen LogP contribution is -2.36. The first-order chi connectivity index (χ1) is 6.72. The maximum absolute atomic E-state index is 13.5. The lowest BCUT2D eigenvalue weighted by molar-refractivity contribution is 0.366. The van der Waals surface area contributed by atoms with Gasteiger partial charge in [0.25, 0.3) is 0 Å². The Morgan fingerprint density at radius 3 is 2.64 bits per heavy atom. The van der Waals surface area contributed by atoms with E-state index in [-0.39, 0.29) is 6.04 Å². The fraction of sp³-hybridized carbons (Fsp3) is 0.455. The smallest absolute Gasteiger partial charge is 0.131 e. The first-order valence-corrected chi connectivity index (χ1v) is 4.93. The highest BCUT2D eigenvalue weighted by Crippen LogP contribution is 2.29. The summed E-state index contributed by atoms with van der Waals surface area (Å²) in [6.07, 6.45) is 1.61. The summed E-state index contributed by atoms with van der Waals surface area (Å²) in [7, 11) is 0. The average Bonchev–Trinajstić information content (AvgIpc) is 2.05. The summed E-state index contributed by atoms with van der Waals surface area (Å²) in [5, 5.41) is 3.13. The molecule has 14 heavy (non-hydrogen) atoms. The summed E-state index contributed by atoms with van der Waals surface area (Å²) >= 11 is 0. The number of aryl methyl sites for hydroxylation is 1. The van der Waals surface area contributed by atoms with E-state index in [0.29, 0.717) is 12.0 Å². The molecule has 0 bridgehead atoms. The SMILES string of the molecule is CCc1cc(F)cc(F)c1[C@H]1CCN1. The van der Waals surface area contributed by atoms with Crippen LogP contribution in [-0.4, -0.2) is 6.54 Å². The summed E-state index contributed by atoms with van der Waals surface area (Å²) in [6, 6.07) is 2.48. The van der Waals surface area contributed by atoms with Crippen molar-refractivity contribution in [2.24, 2.45) is 0 Å². The van der Waals surface area contributed by atoms with Gasteiger partial charge < -0.3 is 5.32 Å². The fourth-order valence-electron chi connectivity index (χ4n) is 1.86. The molecule has 0 aromatic heterocycles. The molecule has 0 spiro atoms. The molecule has 1 fully saturated rings. The summed E-state index contributed by atoms with van der Waals surface area (Å²) in [6.45, 7) is 2.83. The van der Waals surface area contributed by atoms with Crippen LogP contribution in [0.1, 0.15) is 30.5 Å². The molecule has 1 aliphatic rings. The van der Waals surface area contributed by atoms with Gasteiger partial charge in [-0.05, 0) is 31.0 Å². The fourth-order valence-corrected chi connectivity index (χ4v) is 1.86. The summed E-state index contributed by atoms with van der Waals surface area (Å²) in [4.78, 5) is 0. The number of hydrogen-bond donors (Lipinski definition) is 1. The molecule has 0 aliphatic carbocycles. The Morgan fingerprint density at radius 2 is 2.14 bits per heavy atom. The van der Waals surface area contributed by atoms with Crippen molar-refractivity contribution in [3.63, 3.8) is 0 Å². The molecular formula is C11H13F2N. The number of benzene rings is 1. The first kappa shape index (κ1) is 9.59. The Labute approximate surface area is 82.1 Å². The van der Waals surface area contributed by atoms with Gasteiger partial charge in [-0.15, -0.1) is 0 Å². The van der Waals surface area contributed by atoms with E-state index >= 15 is 0 Å². The second-order valence-electron chi connectivity index (χ2n) is 3.61. The van der Waals surface area contributed by atoms with Gasteiger partial charge in [0.2, 0.25) is 0 Å². The Balaban J connectivity index is 2.44. The van der Waals surface area contributed by atoms with E-state index in [4.69, 9.17) is 0 Å².